The first-order valence-corrected chi connectivity index (χ1v) is 6.07. The molecule has 0 heterocycles. The Balaban J connectivity index is 2.69. The van der Waals surface area contributed by atoms with E-state index >= 15 is 0 Å². The lowest BCUT2D eigenvalue weighted by atomic mass is 9.73. The Labute approximate surface area is 99.4 Å². The third-order valence-corrected chi connectivity index (χ3v) is 4.38. The van der Waals surface area contributed by atoms with E-state index in [1.807, 2.05) is 0 Å². The molecule has 0 radical (unpaired) electrons. The van der Waals surface area contributed by atoms with Gasteiger partial charge in [-0.15, -0.1) is 0 Å². The first-order chi connectivity index (χ1) is 7.27. The van der Waals surface area contributed by atoms with Crippen LogP contribution in [0.15, 0.2) is 46.6 Å². The number of fused-ring (bicyclic) bond motifs is 1. The Morgan fingerprint density at radius 1 is 1.00 bits per heavy atom. The van der Waals surface area contributed by atoms with E-state index in [0.29, 0.717) is 0 Å². The van der Waals surface area contributed by atoms with Gasteiger partial charge in [0.15, 0.2) is 0 Å². The highest BCUT2D eigenvalue weighted by Crippen LogP contribution is 2.51. The maximum atomic E-state index is 2.41. The van der Waals surface area contributed by atoms with E-state index in [1.165, 1.54) is 22.3 Å². The molecule has 2 rings (SSSR count). The van der Waals surface area contributed by atoms with Crippen LogP contribution in [0.4, 0.5) is 0 Å². The van der Waals surface area contributed by atoms with Crippen LogP contribution in [0.1, 0.15) is 41.5 Å². The molecule has 16 heavy (non-hydrogen) atoms. The summed E-state index contributed by atoms with van der Waals surface area (Å²) in [6.45, 7) is 13.8. The molecule has 0 spiro atoms. The highest BCUT2D eigenvalue weighted by Gasteiger charge is 2.37. The van der Waals surface area contributed by atoms with Gasteiger partial charge >= 0.3 is 0 Å². The van der Waals surface area contributed by atoms with Crippen molar-refractivity contribution in [3.63, 3.8) is 0 Å². The molecule has 86 valence electrons. The molecule has 0 saturated heterocycles. The largest absolute Gasteiger partial charge is 0.0672 e. The second-order valence-corrected chi connectivity index (χ2v) is 6.16. The molecule has 0 aromatic heterocycles. The van der Waals surface area contributed by atoms with Gasteiger partial charge < -0.3 is 0 Å². The van der Waals surface area contributed by atoms with Crippen molar-refractivity contribution in [2.75, 3.05) is 0 Å². The smallest absolute Gasteiger partial charge is 0.0111 e. The summed E-state index contributed by atoms with van der Waals surface area (Å²) in [5.41, 5.74) is 6.28. The average molecular weight is 214 g/mol. The van der Waals surface area contributed by atoms with Crippen molar-refractivity contribution in [3.8, 4) is 0 Å². The normalized spacial score (nSPS) is 26.1. The van der Waals surface area contributed by atoms with Crippen LogP contribution in [0.3, 0.4) is 0 Å². The van der Waals surface area contributed by atoms with Crippen LogP contribution < -0.4 is 0 Å². The number of allylic oxidation sites excluding steroid dienone is 8. The first kappa shape index (κ1) is 11.4. The molecule has 0 aliphatic heterocycles. The van der Waals surface area contributed by atoms with Crippen molar-refractivity contribution in [1.29, 1.82) is 0 Å². The molecule has 0 unspecified atom stereocenters. The zero-order valence-corrected chi connectivity index (χ0v) is 11.3. The van der Waals surface area contributed by atoms with E-state index in [0.717, 1.165) is 0 Å². The fourth-order valence-corrected chi connectivity index (χ4v) is 2.77. The topological polar surface area (TPSA) is 0 Å². The van der Waals surface area contributed by atoms with E-state index < -0.39 is 0 Å². The van der Waals surface area contributed by atoms with Crippen LogP contribution in [0.25, 0.3) is 0 Å². The molecule has 2 aliphatic carbocycles. The summed E-state index contributed by atoms with van der Waals surface area (Å²) in [6, 6.07) is 0. The summed E-state index contributed by atoms with van der Waals surface area (Å²) < 4.78 is 0. The second kappa shape index (κ2) is 3.23. The summed E-state index contributed by atoms with van der Waals surface area (Å²) in [7, 11) is 0. The molecule has 0 fully saturated rings. The van der Waals surface area contributed by atoms with Gasteiger partial charge in [0, 0.05) is 10.8 Å². The minimum Gasteiger partial charge on any atom is -0.0672 e. The predicted molar refractivity (Wildman–Crippen MR) is 71.2 cm³/mol. The number of hydrogen-bond acceptors (Lipinski definition) is 0. The number of rotatable bonds is 0. The molecule has 0 saturated carbocycles. The lowest BCUT2D eigenvalue weighted by Crippen LogP contribution is -2.18. The van der Waals surface area contributed by atoms with E-state index in [1.54, 1.807) is 0 Å². The first-order valence-electron chi connectivity index (χ1n) is 6.07. The highest BCUT2D eigenvalue weighted by atomic mass is 14.4. The van der Waals surface area contributed by atoms with Crippen LogP contribution in [-0.2, 0) is 0 Å². The van der Waals surface area contributed by atoms with Gasteiger partial charge in [-0.1, -0.05) is 63.1 Å². The molecular weight excluding hydrogens is 192 g/mol. The van der Waals surface area contributed by atoms with Gasteiger partial charge in [0.2, 0.25) is 0 Å². The molecule has 0 heteroatoms. The van der Waals surface area contributed by atoms with Gasteiger partial charge in [0.1, 0.15) is 0 Å². The quantitative estimate of drug-likeness (QED) is 0.543. The summed E-state index contributed by atoms with van der Waals surface area (Å²) in [5.74, 6) is 0. The lowest BCUT2D eigenvalue weighted by molar-refractivity contribution is 0.523. The van der Waals surface area contributed by atoms with Crippen LogP contribution in [0, 0.1) is 10.8 Å². The second-order valence-electron chi connectivity index (χ2n) is 6.16. The molecule has 0 N–H and O–H groups in total. The Morgan fingerprint density at radius 2 is 1.62 bits per heavy atom. The molecule has 0 atom stereocenters. The fraction of sp³-hybridized carbons (Fsp3) is 0.500. The zero-order chi connectivity index (χ0) is 12.1. The van der Waals surface area contributed by atoms with Gasteiger partial charge in [0.05, 0.1) is 0 Å². The van der Waals surface area contributed by atoms with E-state index in [4.69, 9.17) is 0 Å². The van der Waals surface area contributed by atoms with E-state index in [-0.39, 0.29) is 10.8 Å². The van der Waals surface area contributed by atoms with Crippen molar-refractivity contribution in [2.24, 2.45) is 10.8 Å². The molecular formula is C16H22. The fourth-order valence-electron chi connectivity index (χ4n) is 2.77. The minimum atomic E-state index is 0.160. The van der Waals surface area contributed by atoms with Gasteiger partial charge in [0.25, 0.3) is 0 Å². The van der Waals surface area contributed by atoms with Crippen LogP contribution in [0.5, 0.6) is 0 Å². The monoisotopic (exact) mass is 214 g/mol. The zero-order valence-electron chi connectivity index (χ0n) is 11.3. The maximum Gasteiger partial charge on any atom is 0.0111 e. The van der Waals surface area contributed by atoms with Gasteiger partial charge in [-0.2, -0.15) is 0 Å². The number of hydrogen-bond donors (Lipinski definition) is 0. The molecule has 0 amide bonds. The van der Waals surface area contributed by atoms with Crippen molar-refractivity contribution in [1.82, 2.24) is 0 Å². The predicted octanol–water partition coefficient (Wildman–Crippen LogP) is 4.81. The van der Waals surface area contributed by atoms with Crippen molar-refractivity contribution >= 4 is 0 Å². The Hall–Kier alpha value is -1.04. The van der Waals surface area contributed by atoms with Gasteiger partial charge in [-0.25, -0.2) is 0 Å². The standard InChI is InChI=1S/C16H22/c1-11-8-7-9-13-10-15(3,4)12(2)14(13)16(11,5)6/h7-10H,1-6H3. The summed E-state index contributed by atoms with van der Waals surface area (Å²) in [4.78, 5) is 0. The molecule has 0 aromatic carbocycles. The Bertz CT molecular complexity index is 448. The van der Waals surface area contributed by atoms with Gasteiger partial charge in [-0.3, -0.25) is 0 Å². The highest BCUT2D eigenvalue weighted by molar-refractivity contribution is 5.59. The van der Waals surface area contributed by atoms with Gasteiger partial charge in [-0.05, 0) is 25.0 Å². The third-order valence-electron chi connectivity index (χ3n) is 4.38. The Morgan fingerprint density at radius 3 is 2.25 bits per heavy atom. The molecule has 0 aromatic rings. The summed E-state index contributed by atoms with van der Waals surface area (Å²) in [6.07, 6.45) is 9.09. The minimum absolute atomic E-state index is 0.160. The molecule has 2 aliphatic rings. The third kappa shape index (κ3) is 1.43. The average Bonchev–Trinajstić information content (AvgIpc) is 2.31. The van der Waals surface area contributed by atoms with Crippen molar-refractivity contribution in [2.45, 2.75) is 41.5 Å². The molecule has 0 bridgehead atoms. The molecule has 0 nitrogen and oxygen atoms in total. The lowest BCUT2D eigenvalue weighted by Gasteiger charge is -2.30. The maximum absolute atomic E-state index is 2.41. The van der Waals surface area contributed by atoms with Crippen LogP contribution in [0.2, 0.25) is 0 Å². The van der Waals surface area contributed by atoms with Crippen LogP contribution in [-0.4, -0.2) is 0 Å². The van der Waals surface area contributed by atoms with Crippen molar-refractivity contribution in [3.05, 3.63) is 46.6 Å². The summed E-state index contributed by atoms with van der Waals surface area (Å²) in [5, 5.41) is 0. The summed E-state index contributed by atoms with van der Waals surface area (Å²) >= 11 is 0. The van der Waals surface area contributed by atoms with Crippen LogP contribution >= 0.6 is 0 Å². The SMILES string of the molecule is CC1=CC=CC2=CC(C)(C)C(C)=C2C1(C)C. The van der Waals surface area contributed by atoms with E-state index in [9.17, 15) is 0 Å². The van der Waals surface area contributed by atoms with Crippen molar-refractivity contribution < 1.29 is 0 Å². The van der Waals surface area contributed by atoms with E-state index in [2.05, 4.69) is 65.8 Å². The Kier molecular flexibility index (Phi) is 2.31.